The molecule has 0 saturated heterocycles. The molecule has 0 saturated carbocycles. The van der Waals surface area contributed by atoms with Gasteiger partial charge in [-0.25, -0.2) is 0 Å². The molecular weight excluding hydrogens is 363 g/mol. The minimum atomic E-state index is -0.542. The molecule has 4 heteroatoms. The average molecular weight is 385 g/mol. The molecule has 1 unspecified atom stereocenters. The third kappa shape index (κ3) is 4.15. The molecule has 0 aromatic heterocycles. The summed E-state index contributed by atoms with van der Waals surface area (Å²) in [5, 5.41) is 0. The molecule has 26 heavy (non-hydrogen) atoms. The number of carbonyl (C=O) groups excluding carboxylic acids is 1. The van der Waals surface area contributed by atoms with Crippen molar-refractivity contribution in [3.63, 3.8) is 0 Å². The molecule has 0 amide bonds. The van der Waals surface area contributed by atoms with Crippen LogP contribution in [0.4, 0.5) is 0 Å². The van der Waals surface area contributed by atoms with Crippen molar-refractivity contribution in [1.29, 1.82) is 0 Å². The number of benzene rings is 3. The van der Waals surface area contributed by atoms with Crippen molar-refractivity contribution in [2.24, 2.45) is 0 Å². The summed E-state index contributed by atoms with van der Waals surface area (Å²) in [6, 6.07) is 30.7. The molecule has 134 valence electrons. The van der Waals surface area contributed by atoms with Crippen LogP contribution in [0.2, 0.25) is 0 Å². The number of ether oxygens (including phenoxy) is 1. The molecular formula is C22H22ClO2P. The predicted molar refractivity (Wildman–Crippen MR) is 112 cm³/mol. The highest BCUT2D eigenvalue weighted by Crippen LogP contribution is 2.39. The molecule has 0 fully saturated rings. The number of rotatable bonds is 6. The van der Waals surface area contributed by atoms with Gasteiger partial charge in [-0.05, 0) is 16.7 Å². The minimum Gasteiger partial charge on any atom is -0.464 e. The van der Waals surface area contributed by atoms with Crippen LogP contribution in [-0.4, -0.2) is 18.7 Å². The monoisotopic (exact) mass is 384 g/mol. The Bertz CT molecular complexity index is 711. The van der Waals surface area contributed by atoms with Crippen LogP contribution in [0.25, 0.3) is 0 Å². The maximum atomic E-state index is 11.9. The van der Waals surface area contributed by atoms with E-state index in [9.17, 15) is 4.79 Å². The van der Waals surface area contributed by atoms with Crippen molar-refractivity contribution in [3.8, 4) is 0 Å². The fourth-order valence-corrected chi connectivity index (χ4v) is 3.28. The number of halogens is 1. The lowest BCUT2D eigenvalue weighted by molar-refractivity contribution is -0.141. The highest BCUT2D eigenvalue weighted by molar-refractivity contribution is 7.18. The third-order valence-corrected chi connectivity index (χ3v) is 4.75. The van der Waals surface area contributed by atoms with Crippen LogP contribution in [-0.2, 0) is 14.9 Å². The molecule has 0 radical (unpaired) electrons. The lowest BCUT2D eigenvalue weighted by atomic mass is 9.70. The Morgan fingerprint density at radius 2 is 1.08 bits per heavy atom. The lowest BCUT2D eigenvalue weighted by Crippen LogP contribution is -2.36. The maximum Gasteiger partial charge on any atom is 0.309 e. The van der Waals surface area contributed by atoms with E-state index in [1.54, 1.807) is 0 Å². The van der Waals surface area contributed by atoms with Gasteiger partial charge in [0.2, 0.25) is 0 Å². The van der Waals surface area contributed by atoms with Crippen molar-refractivity contribution < 1.29 is 9.53 Å². The summed E-state index contributed by atoms with van der Waals surface area (Å²) in [5.74, 6) is -0.225. The smallest absolute Gasteiger partial charge is 0.309 e. The van der Waals surface area contributed by atoms with Gasteiger partial charge in [0, 0.05) is 0 Å². The van der Waals surface area contributed by atoms with Crippen LogP contribution in [0.1, 0.15) is 16.7 Å². The van der Waals surface area contributed by atoms with Gasteiger partial charge in [0.1, 0.15) is 6.61 Å². The van der Waals surface area contributed by atoms with E-state index in [0.29, 0.717) is 0 Å². The fraction of sp³-hybridized carbons (Fsp3) is 0.136. The van der Waals surface area contributed by atoms with Crippen molar-refractivity contribution in [2.45, 2.75) is 5.41 Å². The van der Waals surface area contributed by atoms with Crippen molar-refractivity contribution >= 4 is 27.6 Å². The molecule has 3 rings (SSSR count). The van der Waals surface area contributed by atoms with Gasteiger partial charge in [0.05, 0.1) is 11.6 Å². The Balaban J connectivity index is 0.00000243. The van der Waals surface area contributed by atoms with E-state index in [4.69, 9.17) is 4.74 Å². The Kier molecular flexibility index (Phi) is 7.38. The first-order chi connectivity index (χ1) is 12.3. The van der Waals surface area contributed by atoms with E-state index in [1.807, 2.05) is 54.6 Å². The van der Waals surface area contributed by atoms with Crippen molar-refractivity contribution in [3.05, 3.63) is 108 Å². The third-order valence-electron chi connectivity index (χ3n) is 4.42. The topological polar surface area (TPSA) is 26.3 Å². The summed E-state index contributed by atoms with van der Waals surface area (Å²) in [4.78, 5) is 11.9. The first-order valence-corrected chi connectivity index (χ1v) is 9.11. The largest absolute Gasteiger partial charge is 0.464 e. The summed E-state index contributed by atoms with van der Waals surface area (Å²) in [6.45, 7) is 0.262. The molecule has 0 aliphatic heterocycles. The van der Waals surface area contributed by atoms with Crippen LogP contribution in [0.15, 0.2) is 91.0 Å². The van der Waals surface area contributed by atoms with E-state index >= 15 is 0 Å². The molecule has 0 spiro atoms. The molecule has 0 aliphatic carbocycles. The van der Waals surface area contributed by atoms with Gasteiger partial charge >= 0.3 is 5.97 Å². The number of carbonyl (C=O) groups is 1. The van der Waals surface area contributed by atoms with Gasteiger partial charge in [-0.3, -0.25) is 4.79 Å². The fourth-order valence-electron chi connectivity index (χ4n) is 3.17. The summed E-state index contributed by atoms with van der Waals surface area (Å²) in [7, 11) is 2.42. The summed E-state index contributed by atoms with van der Waals surface area (Å²) in [6.07, 6.45) is 0.286. The van der Waals surface area contributed by atoms with E-state index < -0.39 is 5.41 Å². The Morgan fingerprint density at radius 1 is 0.731 bits per heavy atom. The van der Waals surface area contributed by atoms with Gasteiger partial charge in [-0.2, -0.15) is 0 Å². The van der Waals surface area contributed by atoms with E-state index in [-0.39, 0.29) is 31.1 Å². The molecule has 2 nitrogen and oxygen atoms in total. The van der Waals surface area contributed by atoms with E-state index in [0.717, 1.165) is 16.7 Å². The number of hydrogen-bond donors (Lipinski definition) is 0. The molecule has 0 heterocycles. The molecule has 3 aromatic rings. The summed E-state index contributed by atoms with van der Waals surface area (Å²) >= 11 is 0. The van der Waals surface area contributed by atoms with Crippen molar-refractivity contribution in [2.75, 3.05) is 12.8 Å². The normalized spacial score (nSPS) is 10.7. The Morgan fingerprint density at radius 3 is 1.38 bits per heavy atom. The standard InChI is InChI=1S/C22H21O2P.ClH/c23-21(16-25)24-17-22(18-10-4-1-5-11-18,19-12-6-2-7-13-19)20-14-8-3-9-15-20;/h1-15H,16-17,25H2;1H. The second kappa shape index (κ2) is 9.52. The zero-order valence-corrected chi connectivity index (χ0v) is 16.3. The predicted octanol–water partition coefficient (Wildman–Crippen LogP) is 4.86. The van der Waals surface area contributed by atoms with E-state index in [1.165, 1.54) is 0 Å². The van der Waals surface area contributed by atoms with E-state index in [2.05, 4.69) is 45.6 Å². The maximum absolute atomic E-state index is 11.9. The molecule has 0 bridgehead atoms. The summed E-state index contributed by atoms with van der Waals surface area (Å²) < 4.78 is 5.66. The molecule has 3 aromatic carbocycles. The van der Waals surface area contributed by atoms with Crippen LogP contribution in [0, 0.1) is 0 Å². The molecule has 0 aliphatic rings. The highest BCUT2D eigenvalue weighted by atomic mass is 35.5. The van der Waals surface area contributed by atoms with Gasteiger partial charge in [-0.15, -0.1) is 21.6 Å². The number of hydrogen-bond acceptors (Lipinski definition) is 2. The second-order valence-electron chi connectivity index (χ2n) is 5.87. The number of esters is 1. The Hall–Kier alpha value is -2.15. The van der Waals surface area contributed by atoms with Crippen LogP contribution < -0.4 is 0 Å². The minimum absolute atomic E-state index is 0. The molecule has 1 atom stereocenters. The van der Waals surface area contributed by atoms with Gasteiger partial charge in [0.15, 0.2) is 0 Å². The SMILES string of the molecule is Cl.O=C(CP)OCC(c1ccccc1)(c1ccccc1)c1ccccc1. The van der Waals surface area contributed by atoms with Crippen LogP contribution in [0.5, 0.6) is 0 Å². The average Bonchev–Trinajstić information content (AvgIpc) is 2.71. The summed E-state index contributed by atoms with van der Waals surface area (Å²) in [5.41, 5.74) is 2.76. The van der Waals surface area contributed by atoms with Crippen molar-refractivity contribution in [1.82, 2.24) is 0 Å². The van der Waals surface area contributed by atoms with Gasteiger partial charge in [-0.1, -0.05) is 91.0 Å². The quantitative estimate of drug-likeness (QED) is 0.344. The second-order valence-corrected chi connectivity index (χ2v) is 6.28. The lowest BCUT2D eigenvalue weighted by Gasteiger charge is -2.35. The highest BCUT2D eigenvalue weighted by Gasteiger charge is 2.37. The molecule has 0 N–H and O–H groups in total. The van der Waals surface area contributed by atoms with Crippen LogP contribution >= 0.6 is 21.6 Å². The first-order valence-electron chi connectivity index (χ1n) is 8.29. The zero-order valence-electron chi connectivity index (χ0n) is 14.4. The first kappa shape index (κ1) is 20.2. The van der Waals surface area contributed by atoms with Crippen LogP contribution in [0.3, 0.4) is 0 Å². The van der Waals surface area contributed by atoms with Gasteiger partial charge < -0.3 is 4.74 Å². The Labute approximate surface area is 163 Å². The van der Waals surface area contributed by atoms with Gasteiger partial charge in [0.25, 0.3) is 0 Å². The zero-order chi connectivity index (χ0) is 17.5.